The molecule has 1 aliphatic carbocycles. The van der Waals surface area contributed by atoms with E-state index in [-0.39, 0.29) is 35.6 Å². The van der Waals surface area contributed by atoms with Crippen molar-refractivity contribution in [3.8, 4) is 5.75 Å². The molecule has 34 heavy (non-hydrogen) atoms. The van der Waals surface area contributed by atoms with Gasteiger partial charge in [0.2, 0.25) is 5.91 Å². The van der Waals surface area contributed by atoms with E-state index in [9.17, 15) is 19.1 Å². The predicted molar refractivity (Wildman–Crippen MR) is 128 cm³/mol. The number of halogens is 3. The first-order valence-electron chi connectivity index (χ1n) is 11.3. The molecule has 2 fully saturated rings. The van der Waals surface area contributed by atoms with Gasteiger partial charge >= 0.3 is 6.09 Å². The molecule has 0 radical (unpaired) electrons. The highest BCUT2D eigenvalue weighted by Crippen LogP contribution is 2.36. The zero-order valence-electron chi connectivity index (χ0n) is 18.8. The second-order valence-electron chi connectivity index (χ2n) is 9.03. The Bertz CT molecular complexity index is 1040. The normalized spacial score (nSPS) is 24.7. The number of benzene rings is 2. The SMILES string of the molecule is CN(C(=O)Oc1ccc(F)cc1)[C@H]1CN(C(=O)C2CCC(O)CC2)C[C@@H]1c1ccc(Cl)c(Cl)c1. The Morgan fingerprint density at radius 2 is 1.71 bits per heavy atom. The number of hydrogen-bond acceptors (Lipinski definition) is 4. The van der Waals surface area contributed by atoms with Crippen LogP contribution in [-0.4, -0.2) is 59.2 Å². The monoisotopic (exact) mass is 508 g/mol. The van der Waals surface area contributed by atoms with Gasteiger partial charge in [-0.05, 0) is 67.6 Å². The fourth-order valence-electron chi connectivity index (χ4n) is 4.82. The highest BCUT2D eigenvalue weighted by atomic mass is 35.5. The van der Waals surface area contributed by atoms with E-state index in [0.717, 1.165) is 5.56 Å². The Labute approximate surface area is 208 Å². The van der Waals surface area contributed by atoms with Crippen molar-refractivity contribution in [1.82, 2.24) is 9.80 Å². The summed E-state index contributed by atoms with van der Waals surface area (Å²) >= 11 is 12.4. The number of ether oxygens (including phenoxy) is 1. The summed E-state index contributed by atoms with van der Waals surface area (Å²) in [5, 5.41) is 10.6. The molecule has 0 unspecified atom stereocenters. The van der Waals surface area contributed by atoms with E-state index in [4.69, 9.17) is 27.9 Å². The van der Waals surface area contributed by atoms with Crippen LogP contribution >= 0.6 is 23.2 Å². The van der Waals surface area contributed by atoms with Crippen LogP contribution in [0, 0.1) is 11.7 Å². The highest BCUT2D eigenvalue weighted by Gasteiger charge is 2.42. The van der Waals surface area contributed by atoms with Crippen LogP contribution in [0.4, 0.5) is 9.18 Å². The Balaban J connectivity index is 1.54. The molecule has 1 saturated heterocycles. The largest absolute Gasteiger partial charge is 0.415 e. The van der Waals surface area contributed by atoms with Crippen LogP contribution in [0.15, 0.2) is 42.5 Å². The van der Waals surface area contributed by atoms with Crippen LogP contribution < -0.4 is 4.74 Å². The average molecular weight is 509 g/mol. The van der Waals surface area contributed by atoms with E-state index in [2.05, 4.69) is 0 Å². The molecule has 1 heterocycles. The van der Waals surface area contributed by atoms with Crippen molar-refractivity contribution in [3.05, 3.63) is 63.9 Å². The molecular formula is C25H27Cl2FN2O4. The topological polar surface area (TPSA) is 70.1 Å². The maximum atomic E-state index is 13.3. The average Bonchev–Trinajstić information content (AvgIpc) is 3.27. The fourth-order valence-corrected chi connectivity index (χ4v) is 5.13. The molecule has 4 rings (SSSR count). The molecule has 1 N–H and O–H groups in total. The predicted octanol–water partition coefficient (Wildman–Crippen LogP) is 5.11. The summed E-state index contributed by atoms with van der Waals surface area (Å²) in [6.07, 6.45) is 1.60. The molecule has 2 atom stereocenters. The number of amides is 2. The van der Waals surface area contributed by atoms with Crippen molar-refractivity contribution < 1.29 is 23.8 Å². The lowest BCUT2D eigenvalue weighted by Crippen LogP contribution is -2.44. The summed E-state index contributed by atoms with van der Waals surface area (Å²) < 4.78 is 18.6. The Kier molecular flexibility index (Phi) is 7.65. The van der Waals surface area contributed by atoms with Crippen molar-refractivity contribution in [2.45, 2.75) is 43.7 Å². The van der Waals surface area contributed by atoms with Crippen LogP contribution in [0.3, 0.4) is 0 Å². The number of nitrogens with zero attached hydrogens (tertiary/aromatic N) is 2. The van der Waals surface area contributed by atoms with Crippen LogP contribution in [0.5, 0.6) is 5.75 Å². The molecule has 182 valence electrons. The summed E-state index contributed by atoms with van der Waals surface area (Å²) in [6.45, 7) is 0.770. The van der Waals surface area contributed by atoms with Crippen molar-refractivity contribution in [3.63, 3.8) is 0 Å². The maximum absolute atomic E-state index is 13.3. The molecule has 0 bridgehead atoms. The van der Waals surface area contributed by atoms with Gasteiger partial charge in [-0.25, -0.2) is 9.18 Å². The quantitative estimate of drug-likeness (QED) is 0.622. The standard InChI is InChI=1S/C25H27Cl2FN2O4/c1-29(25(33)34-19-9-5-17(28)6-10-19)23-14-30(24(32)15-2-7-18(31)8-3-15)13-20(23)16-4-11-21(26)22(27)12-16/h4-6,9-12,15,18,20,23,31H,2-3,7-8,13-14H2,1H3/t15?,18?,20-,23+/m1/s1. The number of aliphatic hydroxyl groups excluding tert-OH is 1. The Morgan fingerprint density at radius 3 is 2.35 bits per heavy atom. The van der Waals surface area contributed by atoms with Gasteiger partial charge in [-0.1, -0.05) is 29.3 Å². The summed E-state index contributed by atoms with van der Waals surface area (Å²) in [4.78, 5) is 29.5. The van der Waals surface area contributed by atoms with Crippen LogP contribution in [0.25, 0.3) is 0 Å². The first kappa shape index (κ1) is 24.8. The molecular weight excluding hydrogens is 482 g/mol. The first-order valence-corrected chi connectivity index (χ1v) is 12.1. The highest BCUT2D eigenvalue weighted by molar-refractivity contribution is 6.42. The lowest BCUT2D eigenvalue weighted by atomic mass is 9.86. The maximum Gasteiger partial charge on any atom is 0.415 e. The molecule has 0 aromatic heterocycles. The number of hydrogen-bond donors (Lipinski definition) is 1. The molecule has 6 nitrogen and oxygen atoms in total. The minimum absolute atomic E-state index is 0.0414. The molecule has 1 saturated carbocycles. The van der Waals surface area contributed by atoms with E-state index >= 15 is 0 Å². The first-order chi connectivity index (χ1) is 16.2. The summed E-state index contributed by atoms with van der Waals surface area (Å²) in [5.74, 6) is -0.476. The van der Waals surface area contributed by atoms with E-state index in [1.165, 1.54) is 29.2 Å². The molecule has 2 aromatic carbocycles. The second kappa shape index (κ2) is 10.5. The number of aliphatic hydroxyl groups is 1. The minimum atomic E-state index is -0.600. The molecule has 2 aromatic rings. The van der Waals surface area contributed by atoms with E-state index in [1.54, 1.807) is 24.1 Å². The fraction of sp³-hybridized carbons (Fsp3) is 0.440. The van der Waals surface area contributed by atoms with Crippen molar-refractivity contribution >= 4 is 35.2 Å². The molecule has 9 heteroatoms. The zero-order valence-corrected chi connectivity index (χ0v) is 20.3. The van der Waals surface area contributed by atoms with Gasteiger partial charge in [0.25, 0.3) is 0 Å². The minimum Gasteiger partial charge on any atom is -0.410 e. The van der Waals surface area contributed by atoms with Crippen molar-refractivity contribution in [2.24, 2.45) is 5.92 Å². The van der Waals surface area contributed by atoms with E-state index < -0.39 is 11.9 Å². The van der Waals surface area contributed by atoms with Gasteiger partial charge in [0.1, 0.15) is 11.6 Å². The summed E-state index contributed by atoms with van der Waals surface area (Å²) in [5.41, 5.74) is 0.871. The second-order valence-corrected chi connectivity index (χ2v) is 9.84. The van der Waals surface area contributed by atoms with Crippen LogP contribution in [0.2, 0.25) is 10.0 Å². The molecule has 0 spiro atoms. The number of carbonyl (C=O) groups is 2. The third-order valence-corrected chi connectivity index (χ3v) is 7.56. The van der Waals surface area contributed by atoms with Gasteiger partial charge < -0.3 is 19.6 Å². The van der Waals surface area contributed by atoms with Crippen LogP contribution in [0.1, 0.15) is 37.2 Å². The Hall–Kier alpha value is -2.35. The lowest BCUT2D eigenvalue weighted by molar-refractivity contribution is -0.136. The lowest BCUT2D eigenvalue weighted by Gasteiger charge is -2.29. The number of carbonyl (C=O) groups excluding carboxylic acids is 2. The van der Waals surface area contributed by atoms with Crippen molar-refractivity contribution in [1.29, 1.82) is 0 Å². The van der Waals surface area contributed by atoms with Crippen molar-refractivity contribution in [2.75, 3.05) is 20.1 Å². The third kappa shape index (κ3) is 5.48. The number of rotatable bonds is 4. The molecule has 1 aliphatic heterocycles. The molecule has 2 aliphatic rings. The van der Waals surface area contributed by atoms with Gasteiger partial charge in [-0.2, -0.15) is 0 Å². The van der Waals surface area contributed by atoms with E-state index in [0.29, 0.717) is 48.8 Å². The van der Waals surface area contributed by atoms with Gasteiger partial charge in [-0.15, -0.1) is 0 Å². The van der Waals surface area contributed by atoms with Gasteiger partial charge in [0.05, 0.1) is 22.2 Å². The Morgan fingerprint density at radius 1 is 1.03 bits per heavy atom. The number of likely N-dealkylation sites (tertiary alicyclic amines) is 1. The van der Waals surface area contributed by atoms with Gasteiger partial charge in [0.15, 0.2) is 0 Å². The smallest absolute Gasteiger partial charge is 0.410 e. The third-order valence-electron chi connectivity index (χ3n) is 6.82. The van der Waals surface area contributed by atoms with E-state index in [1.807, 2.05) is 6.07 Å². The zero-order chi connectivity index (χ0) is 24.4. The van der Waals surface area contributed by atoms with Crippen LogP contribution in [-0.2, 0) is 4.79 Å². The molecule has 2 amide bonds. The summed E-state index contributed by atoms with van der Waals surface area (Å²) in [6, 6.07) is 10.2. The van der Waals surface area contributed by atoms with Gasteiger partial charge in [0, 0.05) is 32.0 Å². The summed E-state index contributed by atoms with van der Waals surface area (Å²) in [7, 11) is 1.63. The number of likely N-dealkylation sites (N-methyl/N-ethyl adjacent to an activating group) is 1. The van der Waals surface area contributed by atoms with Gasteiger partial charge in [-0.3, -0.25) is 4.79 Å².